The first-order chi connectivity index (χ1) is 5.38. The van der Waals surface area contributed by atoms with Crippen molar-refractivity contribution in [2.75, 3.05) is 0 Å². The monoisotopic (exact) mass is 154 g/mol. The first-order valence-electron chi connectivity index (χ1n) is 3.44. The van der Waals surface area contributed by atoms with E-state index in [1.807, 2.05) is 25.1 Å². The molecule has 0 radical (unpaired) electrons. The number of aryl methyl sites for hydroxylation is 1. The predicted octanol–water partition coefficient (Wildman–Crippen LogP) is 2.03. The highest BCUT2D eigenvalue weighted by Gasteiger charge is 1.99. The molecule has 0 spiro atoms. The highest BCUT2D eigenvalue weighted by Crippen LogP contribution is 2.17. The maximum atomic E-state index is 8.02. The lowest BCUT2D eigenvalue weighted by Gasteiger charge is -2.02. The van der Waals surface area contributed by atoms with E-state index in [4.69, 9.17) is 5.26 Å². The number of benzene rings is 1. The second-order valence-electron chi connectivity index (χ2n) is 2.12. The topological polar surface area (TPSA) is 38.7 Å². The fourth-order valence-corrected chi connectivity index (χ4v) is 0.917. The molecule has 1 aromatic rings. The summed E-state index contributed by atoms with van der Waals surface area (Å²) >= 11 is 0. The van der Waals surface area contributed by atoms with Crippen LogP contribution in [-0.2, 0) is 11.5 Å². The van der Waals surface area contributed by atoms with Gasteiger partial charge in [-0.1, -0.05) is 25.1 Å². The highest BCUT2D eigenvalue weighted by molar-refractivity contribution is 5.32. The van der Waals surface area contributed by atoms with Crippen molar-refractivity contribution in [1.82, 2.24) is 0 Å². The lowest BCUT2D eigenvalue weighted by Crippen LogP contribution is -1.94. The highest BCUT2D eigenvalue weighted by atomic mass is 17.5. The van der Waals surface area contributed by atoms with E-state index in [0.29, 0.717) is 5.75 Å². The number of rotatable bonds is 3. The summed E-state index contributed by atoms with van der Waals surface area (Å²) in [4.78, 5) is 4.48. The van der Waals surface area contributed by atoms with E-state index in [1.165, 1.54) is 0 Å². The maximum Gasteiger partial charge on any atom is 0.171 e. The summed E-state index contributed by atoms with van der Waals surface area (Å²) in [5.74, 6) is 0.553. The van der Waals surface area contributed by atoms with Crippen LogP contribution in [0.2, 0.25) is 0 Å². The molecule has 0 unspecified atom stereocenters. The van der Waals surface area contributed by atoms with E-state index in [1.54, 1.807) is 6.07 Å². The van der Waals surface area contributed by atoms with Crippen LogP contribution in [0, 0.1) is 0 Å². The third-order valence-electron chi connectivity index (χ3n) is 1.48. The van der Waals surface area contributed by atoms with Crippen LogP contribution < -0.4 is 4.89 Å². The standard InChI is InChI=1S/C8H10O3/c1-2-7-5-3-4-6-8(7)10-11-9/h3-6,9H,2H2,1H3. The lowest BCUT2D eigenvalue weighted by molar-refractivity contribution is -0.439. The van der Waals surface area contributed by atoms with Gasteiger partial charge in [-0.05, 0) is 23.1 Å². The average Bonchev–Trinajstić information content (AvgIpc) is 2.06. The molecule has 0 saturated heterocycles. The summed E-state index contributed by atoms with van der Waals surface area (Å²) in [5.41, 5.74) is 1.00. The molecule has 1 N–H and O–H groups in total. The zero-order valence-electron chi connectivity index (χ0n) is 6.28. The fourth-order valence-electron chi connectivity index (χ4n) is 0.917. The minimum Gasteiger partial charge on any atom is -0.308 e. The Kier molecular flexibility index (Phi) is 2.89. The predicted molar refractivity (Wildman–Crippen MR) is 40.2 cm³/mol. The summed E-state index contributed by atoms with van der Waals surface area (Å²) < 4.78 is 0. The average molecular weight is 154 g/mol. The maximum absolute atomic E-state index is 8.02. The van der Waals surface area contributed by atoms with E-state index in [-0.39, 0.29) is 0 Å². The Morgan fingerprint density at radius 3 is 2.73 bits per heavy atom. The summed E-state index contributed by atoms with van der Waals surface area (Å²) in [5, 5.41) is 11.6. The second-order valence-corrected chi connectivity index (χ2v) is 2.12. The van der Waals surface area contributed by atoms with Gasteiger partial charge in [0.1, 0.15) is 0 Å². The molecule has 1 aromatic carbocycles. The first kappa shape index (κ1) is 8.04. The Labute approximate surface area is 65.0 Å². The van der Waals surface area contributed by atoms with Crippen molar-refractivity contribution in [3.8, 4) is 5.75 Å². The van der Waals surface area contributed by atoms with Crippen LogP contribution >= 0.6 is 0 Å². The molecule has 60 valence electrons. The van der Waals surface area contributed by atoms with Crippen molar-refractivity contribution in [3.63, 3.8) is 0 Å². The Bertz CT molecular complexity index is 222. The zero-order chi connectivity index (χ0) is 8.10. The van der Waals surface area contributed by atoms with Crippen LogP contribution in [0.4, 0.5) is 0 Å². The lowest BCUT2D eigenvalue weighted by atomic mass is 10.1. The Morgan fingerprint density at radius 2 is 2.09 bits per heavy atom. The molecule has 0 fully saturated rings. The van der Waals surface area contributed by atoms with Gasteiger partial charge in [0, 0.05) is 0 Å². The number of hydrogen-bond donors (Lipinski definition) is 1. The van der Waals surface area contributed by atoms with Gasteiger partial charge in [0.05, 0.1) is 0 Å². The van der Waals surface area contributed by atoms with Gasteiger partial charge in [0.15, 0.2) is 5.75 Å². The van der Waals surface area contributed by atoms with Crippen LogP contribution in [0.1, 0.15) is 12.5 Å². The fraction of sp³-hybridized carbons (Fsp3) is 0.250. The van der Waals surface area contributed by atoms with Crippen LogP contribution in [0.25, 0.3) is 0 Å². The van der Waals surface area contributed by atoms with Crippen LogP contribution in [0.15, 0.2) is 24.3 Å². The van der Waals surface area contributed by atoms with E-state index in [2.05, 4.69) is 9.93 Å². The summed E-state index contributed by atoms with van der Waals surface area (Å²) in [7, 11) is 0. The molecule has 11 heavy (non-hydrogen) atoms. The Morgan fingerprint density at radius 1 is 1.36 bits per heavy atom. The first-order valence-corrected chi connectivity index (χ1v) is 3.44. The molecule has 1 rings (SSSR count). The molecule has 0 aliphatic rings. The largest absolute Gasteiger partial charge is 0.308 e. The molecular weight excluding hydrogens is 144 g/mol. The summed E-state index contributed by atoms with van der Waals surface area (Å²) in [6.07, 6.45) is 0.847. The Hall–Kier alpha value is -1.06. The van der Waals surface area contributed by atoms with Gasteiger partial charge in [-0.25, -0.2) is 5.26 Å². The molecule has 3 nitrogen and oxygen atoms in total. The van der Waals surface area contributed by atoms with E-state index in [0.717, 1.165) is 12.0 Å². The van der Waals surface area contributed by atoms with Gasteiger partial charge in [0.25, 0.3) is 0 Å². The molecule has 0 amide bonds. The van der Waals surface area contributed by atoms with Crippen molar-refractivity contribution in [3.05, 3.63) is 29.8 Å². The summed E-state index contributed by atoms with van der Waals surface area (Å²) in [6.45, 7) is 2.00. The van der Waals surface area contributed by atoms with Gasteiger partial charge in [-0.15, -0.1) is 0 Å². The third kappa shape index (κ3) is 1.93. The molecule has 0 atom stereocenters. The van der Waals surface area contributed by atoms with Crippen molar-refractivity contribution in [2.45, 2.75) is 13.3 Å². The quantitative estimate of drug-likeness (QED) is 0.534. The van der Waals surface area contributed by atoms with Crippen LogP contribution in [0.3, 0.4) is 0 Å². The Balaban J connectivity index is 2.83. The third-order valence-corrected chi connectivity index (χ3v) is 1.48. The van der Waals surface area contributed by atoms with E-state index >= 15 is 0 Å². The molecule has 0 heterocycles. The van der Waals surface area contributed by atoms with E-state index in [9.17, 15) is 0 Å². The molecular formula is C8H10O3. The SMILES string of the molecule is CCc1ccccc1OOO. The van der Waals surface area contributed by atoms with Crippen molar-refractivity contribution >= 4 is 0 Å². The van der Waals surface area contributed by atoms with Crippen molar-refractivity contribution in [2.24, 2.45) is 0 Å². The molecule has 0 aliphatic carbocycles. The van der Waals surface area contributed by atoms with Gasteiger partial charge < -0.3 is 4.89 Å². The molecule has 0 bridgehead atoms. The second kappa shape index (κ2) is 3.95. The van der Waals surface area contributed by atoms with Gasteiger partial charge in [-0.3, -0.25) is 0 Å². The zero-order valence-corrected chi connectivity index (χ0v) is 6.28. The minimum atomic E-state index is 0.553. The normalized spacial score (nSPS) is 9.64. The van der Waals surface area contributed by atoms with Crippen LogP contribution in [-0.4, -0.2) is 5.26 Å². The van der Waals surface area contributed by atoms with Crippen molar-refractivity contribution < 1.29 is 15.2 Å². The van der Waals surface area contributed by atoms with Gasteiger partial charge in [-0.2, -0.15) is 0 Å². The number of para-hydroxylation sites is 1. The van der Waals surface area contributed by atoms with E-state index < -0.39 is 0 Å². The van der Waals surface area contributed by atoms with Gasteiger partial charge in [0.2, 0.25) is 0 Å². The molecule has 3 heteroatoms. The molecule has 0 aromatic heterocycles. The smallest absolute Gasteiger partial charge is 0.171 e. The molecule has 0 aliphatic heterocycles. The van der Waals surface area contributed by atoms with Crippen LogP contribution in [0.5, 0.6) is 5.75 Å². The summed E-state index contributed by atoms with van der Waals surface area (Å²) in [6, 6.07) is 7.36. The minimum absolute atomic E-state index is 0.553. The van der Waals surface area contributed by atoms with Gasteiger partial charge >= 0.3 is 0 Å². The number of hydrogen-bond acceptors (Lipinski definition) is 3. The van der Waals surface area contributed by atoms with Crippen molar-refractivity contribution in [1.29, 1.82) is 0 Å². The molecule has 0 saturated carbocycles.